The van der Waals surface area contributed by atoms with E-state index in [2.05, 4.69) is 24.2 Å². The molecule has 170 valence electrons. The van der Waals surface area contributed by atoms with E-state index in [4.69, 9.17) is 20.6 Å². The lowest BCUT2D eigenvalue weighted by atomic mass is 9.86. The Bertz CT molecular complexity index is 1020. The molecule has 0 aliphatic carbocycles. The molecule has 0 bridgehead atoms. The normalized spacial score (nSPS) is 32.4. The maximum absolute atomic E-state index is 11.5. The van der Waals surface area contributed by atoms with Gasteiger partial charge in [0.2, 0.25) is 11.4 Å². The Kier molecular flexibility index (Phi) is 5.00. The Morgan fingerprint density at radius 1 is 1.30 bits per heavy atom. The number of aliphatic imine (C=N–C) groups is 2. The van der Waals surface area contributed by atoms with Gasteiger partial charge in [0.1, 0.15) is 18.7 Å². The molecular formula is C10H17N7O11S2. The molecule has 4 atom stereocenters. The topological polar surface area (TPSA) is 289 Å². The van der Waals surface area contributed by atoms with Crippen molar-refractivity contribution in [2.24, 2.45) is 21.5 Å². The molecule has 10 N–H and O–H groups in total. The number of hydrogen-bond donors (Lipinski definition) is 8. The van der Waals surface area contributed by atoms with Crippen LogP contribution < -0.4 is 21.5 Å². The van der Waals surface area contributed by atoms with Crippen LogP contribution in [-0.2, 0) is 29.6 Å². The van der Waals surface area contributed by atoms with E-state index in [9.17, 15) is 31.8 Å². The fraction of sp³-hybridized carbons (Fsp3) is 0.700. The van der Waals surface area contributed by atoms with E-state index in [1.54, 1.807) is 0 Å². The summed E-state index contributed by atoms with van der Waals surface area (Å²) < 4.78 is 71.1. The Morgan fingerprint density at radius 3 is 2.50 bits per heavy atom. The van der Waals surface area contributed by atoms with Gasteiger partial charge in [0.15, 0.2) is 18.0 Å². The molecule has 3 heterocycles. The van der Waals surface area contributed by atoms with Crippen molar-refractivity contribution in [2.75, 3.05) is 13.2 Å². The first-order valence-electron chi connectivity index (χ1n) is 7.82. The van der Waals surface area contributed by atoms with Gasteiger partial charge in [-0.1, -0.05) is 0 Å². The highest BCUT2D eigenvalue weighted by Gasteiger charge is 2.74. The van der Waals surface area contributed by atoms with Gasteiger partial charge in [-0.25, -0.2) is 19.0 Å². The van der Waals surface area contributed by atoms with Gasteiger partial charge in [-0.3, -0.25) is 9.11 Å². The predicted molar refractivity (Wildman–Crippen MR) is 93.0 cm³/mol. The van der Waals surface area contributed by atoms with Crippen molar-refractivity contribution in [3.05, 3.63) is 0 Å². The predicted octanol–water partition coefficient (Wildman–Crippen LogP) is -5.62. The van der Waals surface area contributed by atoms with Crippen LogP contribution in [0.2, 0.25) is 0 Å². The van der Waals surface area contributed by atoms with Gasteiger partial charge < -0.3 is 36.6 Å². The molecule has 1 amide bonds. The summed E-state index contributed by atoms with van der Waals surface area (Å²) in [4.78, 5) is 20.3. The Morgan fingerprint density at radius 2 is 1.93 bits per heavy atom. The standard InChI is InChI=1S/C10H17N7O11S2/c11-6-14-5-3(2-27-8(18)16-29(21,22)23)13-7(12)17-1-4(28-30(24,25)26)10(19,20)9(5,17)15-6/h3-5,19-20H,1-2H2,(H2,12,13)(H,16,18)(H3,11,14,15)(H,21,22,23)(H,24,25,26)/t3-,4-,5-,9-/m0/s1. The van der Waals surface area contributed by atoms with Crippen molar-refractivity contribution in [1.82, 2.24) is 14.9 Å². The molecule has 18 nitrogen and oxygen atoms in total. The van der Waals surface area contributed by atoms with Gasteiger partial charge in [0, 0.05) is 0 Å². The van der Waals surface area contributed by atoms with E-state index in [1.165, 1.54) is 0 Å². The van der Waals surface area contributed by atoms with Crippen LogP contribution in [0.3, 0.4) is 0 Å². The van der Waals surface area contributed by atoms with Crippen molar-refractivity contribution in [1.29, 1.82) is 0 Å². The number of ether oxygens (including phenoxy) is 1. The summed E-state index contributed by atoms with van der Waals surface area (Å²) in [6.45, 7) is -1.31. The average Bonchev–Trinajstić information content (AvgIpc) is 2.99. The monoisotopic (exact) mass is 475 g/mol. The van der Waals surface area contributed by atoms with Crippen molar-refractivity contribution in [2.45, 2.75) is 29.6 Å². The molecule has 0 aromatic carbocycles. The maximum atomic E-state index is 11.5. The van der Waals surface area contributed by atoms with Crippen LogP contribution in [0.25, 0.3) is 0 Å². The van der Waals surface area contributed by atoms with E-state index in [0.29, 0.717) is 0 Å². The number of amides is 1. The second-order valence-corrected chi connectivity index (χ2v) is 8.63. The van der Waals surface area contributed by atoms with Crippen LogP contribution in [-0.4, -0.2) is 102 Å². The third-order valence-electron chi connectivity index (χ3n) is 4.57. The zero-order valence-corrected chi connectivity index (χ0v) is 16.2. The first-order chi connectivity index (χ1) is 13.6. The zero-order chi connectivity index (χ0) is 22.7. The van der Waals surface area contributed by atoms with Crippen molar-refractivity contribution < 1.29 is 49.9 Å². The summed E-state index contributed by atoms with van der Waals surface area (Å²) in [5.74, 6) is -3.87. The molecule has 0 saturated carbocycles. The van der Waals surface area contributed by atoms with Crippen LogP contribution in [0.15, 0.2) is 9.98 Å². The number of aliphatic hydroxyl groups is 2. The molecule has 3 aliphatic heterocycles. The molecule has 1 fully saturated rings. The van der Waals surface area contributed by atoms with Crippen molar-refractivity contribution >= 4 is 38.7 Å². The lowest BCUT2D eigenvalue weighted by molar-refractivity contribution is -0.248. The summed E-state index contributed by atoms with van der Waals surface area (Å²) in [5.41, 5.74) is 9.24. The maximum Gasteiger partial charge on any atom is 0.422 e. The van der Waals surface area contributed by atoms with E-state index in [0.717, 1.165) is 9.62 Å². The summed E-state index contributed by atoms with van der Waals surface area (Å²) in [5, 5.41) is 24.0. The molecule has 3 aliphatic rings. The van der Waals surface area contributed by atoms with Crippen LogP contribution in [0.1, 0.15) is 0 Å². The van der Waals surface area contributed by atoms with Crippen LogP contribution in [0.4, 0.5) is 4.79 Å². The van der Waals surface area contributed by atoms with E-state index >= 15 is 0 Å². The minimum Gasteiger partial charge on any atom is -0.446 e. The molecule has 30 heavy (non-hydrogen) atoms. The highest BCUT2D eigenvalue weighted by atomic mass is 32.3. The summed E-state index contributed by atoms with van der Waals surface area (Å²) in [6.07, 6.45) is -3.56. The summed E-state index contributed by atoms with van der Waals surface area (Å²) in [6, 6.07) is -2.55. The first kappa shape index (κ1) is 22.2. The highest BCUT2D eigenvalue weighted by Crippen LogP contribution is 2.47. The Balaban J connectivity index is 1.93. The van der Waals surface area contributed by atoms with E-state index < -0.39 is 75.5 Å². The van der Waals surface area contributed by atoms with Gasteiger partial charge in [-0.05, 0) is 0 Å². The number of nitrogens with zero attached hydrogens (tertiary/aromatic N) is 3. The molecule has 3 rings (SSSR count). The minimum atomic E-state index is -5.12. The molecule has 0 aromatic rings. The first-order valence-corrected chi connectivity index (χ1v) is 10.6. The van der Waals surface area contributed by atoms with Gasteiger partial charge in [-0.15, -0.1) is 0 Å². The zero-order valence-electron chi connectivity index (χ0n) is 14.6. The third-order valence-corrected chi connectivity index (χ3v) is 5.47. The molecule has 1 spiro atoms. The molecule has 0 radical (unpaired) electrons. The second-order valence-electron chi connectivity index (χ2n) is 6.42. The van der Waals surface area contributed by atoms with Gasteiger partial charge in [0.05, 0.1) is 6.54 Å². The SMILES string of the molecule is NC1=N[C@@]23[C@@H](N1)[C@H](COC(=O)NS(=O)(=O)O)N=C(N)N2C[C@H](OS(=O)(=O)O)C3(O)O. The summed E-state index contributed by atoms with van der Waals surface area (Å²) >= 11 is 0. The minimum absolute atomic E-state index is 0.345. The lowest BCUT2D eigenvalue weighted by Gasteiger charge is -2.47. The number of rotatable bonds is 5. The smallest absolute Gasteiger partial charge is 0.422 e. The highest BCUT2D eigenvalue weighted by molar-refractivity contribution is 7.84. The van der Waals surface area contributed by atoms with Gasteiger partial charge in [0.25, 0.3) is 0 Å². The van der Waals surface area contributed by atoms with Gasteiger partial charge >= 0.3 is 26.8 Å². The Labute approximate surface area is 168 Å². The fourth-order valence-corrected chi connectivity index (χ4v) is 4.33. The van der Waals surface area contributed by atoms with Crippen molar-refractivity contribution in [3.8, 4) is 0 Å². The number of carbonyl (C=O) groups excluding carboxylic acids is 1. The van der Waals surface area contributed by atoms with E-state index in [-0.39, 0.29) is 5.96 Å². The molecular weight excluding hydrogens is 458 g/mol. The lowest BCUT2D eigenvalue weighted by Crippen LogP contribution is -2.73. The number of guanidine groups is 2. The van der Waals surface area contributed by atoms with Gasteiger partial charge in [-0.2, -0.15) is 21.6 Å². The third kappa shape index (κ3) is 3.68. The largest absolute Gasteiger partial charge is 0.446 e. The quantitative estimate of drug-likeness (QED) is 0.136. The molecule has 0 aromatic heterocycles. The van der Waals surface area contributed by atoms with Crippen molar-refractivity contribution in [3.63, 3.8) is 0 Å². The summed E-state index contributed by atoms with van der Waals surface area (Å²) in [7, 11) is -10.0. The fourth-order valence-electron chi connectivity index (χ4n) is 3.57. The number of carbonyl (C=O) groups is 1. The number of nitrogens with one attached hydrogen (secondary N) is 2. The molecule has 20 heteroatoms. The number of nitrogens with two attached hydrogens (primary N) is 2. The van der Waals surface area contributed by atoms with Crippen LogP contribution in [0, 0.1) is 0 Å². The second kappa shape index (κ2) is 6.76. The molecule has 0 unspecified atom stereocenters. The number of hydrogen-bond acceptors (Lipinski definition) is 15. The molecule has 1 saturated heterocycles. The van der Waals surface area contributed by atoms with Crippen LogP contribution >= 0.6 is 0 Å². The van der Waals surface area contributed by atoms with E-state index in [1.807, 2.05) is 0 Å². The van der Waals surface area contributed by atoms with Crippen LogP contribution in [0.5, 0.6) is 0 Å². The average molecular weight is 475 g/mol. The Hall–Kier alpha value is -2.49.